The lowest BCUT2D eigenvalue weighted by atomic mass is 10.0. The van der Waals surface area contributed by atoms with E-state index < -0.39 is 0 Å². The van der Waals surface area contributed by atoms with Crippen molar-refractivity contribution in [2.45, 2.75) is 43.3 Å². The van der Waals surface area contributed by atoms with E-state index >= 15 is 0 Å². The second-order valence-corrected chi connectivity index (χ2v) is 7.45. The topological polar surface area (TPSA) is 29.1 Å². The molecule has 0 radical (unpaired) electrons. The standard InChI is InChI=1S/C19H22ClNOS/c1-4-18(23-17-11-7-15(20)8-12-17)19(22)21-16-9-5-14(6-10-16)13(2)3/h5-13,18H,4H2,1-3H3,(H,21,22)/t18-/m1/s1. The van der Waals surface area contributed by atoms with E-state index in [1.165, 1.54) is 5.56 Å². The lowest BCUT2D eigenvalue weighted by molar-refractivity contribution is -0.115. The Labute approximate surface area is 147 Å². The molecule has 0 aromatic heterocycles. The predicted molar refractivity (Wildman–Crippen MR) is 101 cm³/mol. The maximum absolute atomic E-state index is 12.5. The van der Waals surface area contributed by atoms with E-state index in [1.54, 1.807) is 11.8 Å². The van der Waals surface area contributed by atoms with Crippen molar-refractivity contribution in [1.82, 2.24) is 0 Å². The summed E-state index contributed by atoms with van der Waals surface area (Å²) in [6.07, 6.45) is 0.767. The zero-order valence-corrected chi connectivity index (χ0v) is 15.2. The average Bonchev–Trinajstić information content (AvgIpc) is 2.54. The number of carbonyl (C=O) groups excluding carboxylic acids is 1. The van der Waals surface area contributed by atoms with Gasteiger partial charge >= 0.3 is 0 Å². The maximum atomic E-state index is 12.5. The van der Waals surface area contributed by atoms with Gasteiger partial charge in [-0.25, -0.2) is 0 Å². The number of anilines is 1. The SMILES string of the molecule is CC[C@@H](Sc1ccc(Cl)cc1)C(=O)Nc1ccc(C(C)C)cc1. The predicted octanol–water partition coefficient (Wildman–Crippen LogP) is 5.97. The molecule has 0 heterocycles. The summed E-state index contributed by atoms with van der Waals surface area (Å²) >= 11 is 7.46. The maximum Gasteiger partial charge on any atom is 0.237 e. The summed E-state index contributed by atoms with van der Waals surface area (Å²) in [5.41, 5.74) is 2.11. The Morgan fingerprint density at radius 1 is 1.09 bits per heavy atom. The molecule has 0 fully saturated rings. The van der Waals surface area contributed by atoms with Crippen LogP contribution in [0.2, 0.25) is 5.02 Å². The van der Waals surface area contributed by atoms with Crippen molar-refractivity contribution >= 4 is 35.0 Å². The van der Waals surface area contributed by atoms with Crippen LogP contribution in [-0.2, 0) is 4.79 Å². The Balaban J connectivity index is 2.00. The second-order valence-electron chi connectivity index (χ2n) is 5.73. The third kappa shape index (κ3) is 5.29. The molecule has 122 valence electrons. The molecule has 1 amide bonds. The van der Waals surface area contributed by atoms with E-state index in [1.807, 2.05) is 43.3 Å². The largest absolute Gasteiger partial charge is 0.325 e. The van der Waals surface area contributed by atoms with E-state index in [2.05, 4.69) is 31.3 Å². The molecule has 2 nitrogen and oxygen atoms in total. The van der Waals surface area contributed by atoms with Crippen molar-refractivity contribution in [1.29, 1.82) is 0 Å². The highest BCUT2D eigenvalue weighted by Crippen LogP contribution is 2.27. The molecule has 4 heteroatoms. The molecule has 0 aliphatic heterocycles. The van der Waals surface area contributed by atoms with Crippen molar-refractivity contribution in [3.63, 3.8) is 0 Å². The van der Waals surface area contributed by atoms with Crippen LogP contribution in [0.3, 0.4) is 0 Å². The molecule has 0 unspecified atom stereocenters. The highest BCUT2D eigenvalue weighted by Gasteiger charge is 2.18. The quantitative estimate of drug-likeness (QED) is 0.652. The fourth-order valence-corrected chi connectivity index (χ4v) is 3.25. The van der Waals surface area contributed by atoms with Crippen molar-refractivity contribution in [3.05, 3.63) is 59.1 Å². The van der Waals surface area contributed by atoms with E-state index in [4.69, 9.17) is 11.6 Å². The lowest BCUT2D eigenvalue weighted by Crippen LogP contribution is -2.24. The number of benzene rings is 2. The van der Waals surface area contributed by atoms with Gasteiger partial charge in [0, 0.05) is 15.6 Å². The molecule has 2 aromatic rings. The first kappa shape index (κ1) is 17.9. The molecule has 0 saturated carbocycles. The molecule has 2 rings (SSSR count). The Kier molecular flexibility index (Phi) is 6.55. The van der Waals surface area contributed by atoms with Crippen molar-refractivity contribution < 1.29 is 4.79 Å². The minimum absolute atomic E-state index is 0.0322. The van der Waals surface area contributed by atoms with Gasteiger partial charge in [-0.2, -0.15) is 0 Å². The summed E-state index contributed by atoms with van der Waals surface area (Å²) in [5.74, 6) is 0.522. The average molecular weight is 348 g/mol. The van der Waals surface area contributed by atoms with Gasteiger partial charge in [-0.05, 0) is 54.3 Å². The summed E-state index contributed by atoms with van der Waals surface area (Å²) in [7, 11) is 0. The number of thioether (sulfide) groups is 1. The molecule has 1 atom stereocenters. The van der Waals surface area contributed by atoms with E-state index in [9.17, 15) is 4.79 Å². The lowest BCUT2D eigenvalue weighted by Gasteiger charge is -2.15. The van der Waals surface area contributed by atoms with Gasteiger partial charge in [0.25, 0.3) is 0 Å². The highest BCUT2D eigenvalue weighted by atomic mass is 35.5. The highest BCUT2D eigenvalue weighted by molar-refractivity contribution is 8.00. The van der Waals surface area contributed by atoms with E-state index in [0.717, 1.165) is 17.0 Å². The molecule has 2 aromatic carbocycles. The number of hydrogen-bond acceptors (Lipinski definition) is 2. The number of halogens is 1. The Bertz CT molecular complexity index is 637. The molecule has 0 aliphatic rings. The Morgan fingerprint density at radius 2 is 1.70 bits per heavy atom. The van der Waals surface area contributed by atoms with Crippen LogP contribution >= 0.6 is 23.4 Å². The van der Waals surface area contributed by atoms with Crippen molar-refractivity contribution in [2.75, 3.05) is 5.32 Å². The molecule has 0 aliphatic carbocycles. The Hall–Kier alpha value is -1.45. The molecule has 0 saturated heterocycles. The van der Waals surface area contributed by atoms with Gasteiger partial charge in [0.2, 0.25) is 5.91 Å². The number of amides is 1. The minimum atomic E-state index is -0.124. The number of nitrogens with one attached hydrogen (secondary N) is 1. The fraction of sp³-hybridized carbons (Fsp3) is 0.316. The summed E-state index contributed by atoms with van der Waals surface area (Å²) in [5, 5.41) is 3.59. The first-order valence-electron chi connectivity index (χ1n) is 7.82. The molecule has 0 spiro atoms. The van der Waals surface area contributed by atoms with Gasteiger partial charge in [-0.3, -0.25) is 4.79 Å². The number of hydrogen-bond donors (Lipinski definition) is 1. The van der Waals surface area contributed by atoms with Gasteiger partial charge in [0.05, 0.1) is 5.25 Å². The monoisotopic (exact) mass is 347 g/mol. The molecular weight excluding hydrogens is 326 g/mol. The molecular formula is C19H22ClNOS. The van der Waals surface area contributed by atoms with Gasteiger partial charge in [0.15, 0.2) is 0 Å². The first-order valence-corrected chi connectivity index (χ1v) is 9.08. The second kappa shape index (κ2) is 8.42. The third-order valence-electron chi connectivity index (χ3n) is 3.60. The number of rotatable bonds is 6. The van der Waals surface area contributed by atoms with Gasteiger partial charge < -0.3 is 5.32 Å². The van der Waals surface area contributed by atoms with Crippen LogP contribution in [0.4, 0.5) is 5.69 Å². The summed E-state index contributed by atoms with van der Waals surface area (Å²) < 4.78 is 0. The van der Waals surface area contributed by atoms with Crippen LogP contribution in [0.15, 0.2) is 53.4 Å². The zero-order valence-electron chi connectivity index (χ0n) is 13.7. The van der Waals surface area contributed by atoms with Crippen LogP contribution in [0.25, 0.3) is 0 Å². The van der Waals surface area contributed by atoms with Crippen molar-refractivity contribution in [3.8, 4) is 0 Å². The summed E-state index contributed by atoms with van der Waals surface area (Å²) in [4.78, 5) is 13.5. The van der Waals surface area contributed by atoms with Crippen LogP contribution in [0, 0.1) is 0 Å². The Morgan fingerprint density at radius 3 is 2.22 bits per heavy atom. The normalized spacial score (nSPS) is 12.2. The fourth-order valence-electron chi connectivity index (χ4n) is 2.17. The summed E-state index contributed by atoms with van der Waals surface area (Å²) in [6, 6.07) is 15.6. The van der Waals surface area contributed by atoms with Gasteiger partial charge in [0.1, 0.15) is 0 Å². The molecule has 23 heavy (non-hydrogen) atoms. The molecule has 1 N–H and O–H groups in total. The van der Waals surface area contributed by atoms with Crippen LogP contribution in [0.1, 0.15) is 38.7 Å². The van der Waals surface area contributed by atoms with Crippen molar-refractivity contribution in [2.24, 2.45) is 0 Å². The zero-order chi connectivity index (χ0) is 16.8. The van der Waals surface area contributed by atoms with Gasteiger partial charge in [-0.15, -0.1) is 11.8 Å². The van der Waals surface area contributed by atoms with Crippen LogP contribution in [-0.4, -0.2) is 11.2 Å². The number of carbonyl (C=O) groups is 1. The summed E-state index contributed by atoms with van der Waals surface area (Å²) in [6.45, 7) is 6.34. The van der Waals surface area contributed by atoms with Crippen LogP contribution in [0.5, 0.6) is 0 Å². The van der Waals surface area contributed by atoms with Crippen LogP contribution < -0.4 is 5.32 Å². The third-order valence-corrected chi connectivity index (χ3v) is 5.23. The first-order chi connectivity index (χ1) is 11.0. The molecule has 0 bridgehead atoms. The smallest absolute Gasteiger partial charge is 0.237 e. The van der Waals surface area contributed by atoms with E-state index in [-0.39, 0.29) is 11.2 Å². The minimum Gasteiger partial charge on any atom is -0.325 e. The van der Waals surface area contributed by atoms with Gasteiger partial charge in [-0.1, -0.05) is 44.5 Å². The van der Waals surface area contributed by atoms with E-state index in [0.29, 0.717) is 10.9 Å².